The van der Waals surface area contributed by atoms with Crippen LogP contribution in [0.2, 0.25) is 0 Å². The van der Waals surface area contributed by atoms with Crippen molar-refractivity contribution in [3.63, 3.8) is 0 Å². The van der Waals surface area contributed by atoms with E-state index in [1.165, 1.54) is 64.2 Å². The molecular formula is C15H30N. The Morgan fingerprint density at radius 1 is 1.06 bits per heavy atom. The van der Waals surface area contributed by atoms with Crippen molar-refractivity contribution in [2.45, 2.75) is 84.1 Å². The molecule has 1 aliphatic rings. The molecule has 1 rings (SSSR count). The average molecular weight is 224 g/mol. The topological polar surface area (TPSA) is 14.1 Å². The highest BCUT2D eigenvalue weighted by atomic mass is 14.9. The fourth-order valence-corrected chi connectivity index (χ4v) is 2.60. The SMILES string of the molecule is CCCCCCC(C)C[N]C1CCCCC1. The van der Waals surface area contributed by atoms with E-state index in [4.69, 9.17) is 5.32 Å². The lowest BCUT2D eigenvalue weighted by molar-refractivity contribution is 0.337. The van der Waals surface area contributed by atoms with Gasteiger partial charge in [0.1, 0.15) is 0 Å². The molecule has 1 unspecified atom stereocenters. The largest absolute Gasteiger partial charge is 0.238 e. The molecule has 1 nitrogen and oxygen atoms in total. The van der Waals surface area contributed by atoms with Gasteiger partial charge in [0.15, 0.2) is 0 Å². The van der Waals surface area contributed by atoms with Crippen LogP contribution in [-0.2, 0) is 0 Å². The summed E-state index contributed by atoms with van der Waals surface area (Å²) in [5, 5.41) is 4.88. The van der Waals surface area contributed by atoms with Crippen LogP contribution in [0.1, 0.15) is 78.1 Å². The zero-order valence-corrected chi connectivity index (χ0v) is 11.4. The van der Waals surface area contributed by atoms with Gasteiger partial charge in [0.05, 0.1) is 0 Å². The summed E-state index contributed by atoms with van der Waals surface area (Å²) in [7, 11) is 0. The van der Waals surface area contributed by atoms with Gasteiger partial charge in [-0.25, -0.2) is 5.32 Å². The smallest absolute Gasteiger partial charge is 0.0246 e. The maximum atomic E-state index is 4.88. The van der Waals surface area contributed by atoms with Crippen LogP contribution in [0, 0.1) is 5.92 Å². The molecule has 1 radical (unpaired) electrons. The van der Waals surface area contributed by atoms with Crippen molar-refractivity contribution in [1.82, 2.24) is 5.32 Å². The van der Waals surface area contributed by atoms with Crippen LogP contribution in [0.4, 0.5) is 0 Å². The van der Waals surface area contributed by atoms with Crippen LogP contribution in [0.25, 0.3) is 0 Å². The van der Waals surface area contributed by atoms with Gasteiger partial charge in [-0.15, -0.1) is 0 Å². The first-order valence-electron chi connectivity index (χ1n) is 7.49. The molecule has 0 aromatic rings. The molecule has 0 aliphatic heterocycles. The van der Waals surface area contributed by atoms with Crippen LogP contribution in [0.3, 0.4) is 0 Å². The third-order valence-electron chi connectivity index (χ3n) is 3.80. The third kappa shape index (κ3) is 6.52. The summed E-state index contributed by atoms with van der Waals surface area (Å²) < 4.78 is 0. The second kappa shape index (κ2) is 9.04. The van der Waals surface area contributed by atoms with Crippen molar-refractivity contribution in [2.24, 2.45) is 5.92 Å². The lowest BCUT2D eigenvalue weighted by Gasteiger charge is -2.23. The predicted molar refractivity (Wildman–Crippen MR) is 71.8 cm³/mol. The van der Waals surface area contributed by atoms with E-state index in [0.717, 1.165) is 12.5 Å². The molecule has 0 N–H and O–H groups in total. The predicted octanol–water partition coefficient (Wildman–Crippen LogP) is 4.53. The molecule has 1 saturated carbocycles. The van der Waals surface area contributed by atoms with Crippen LogP contribution in [-0.4, -0.2) is 12.6 Å². The molecule has 1 heteroatoms. The Hall–Kier alpha value is -0.0400. The molecule has 95 valence electrons. The van der Waals surface area contributed by atoms with E-state index < -0.39 is 0 Å². The maximum Gasteiger partial charge on any atom is 0.0246 e. The van der Waals surface area contributed by atoms with Crippen LogP contribution in [0.15, 0.2) is 0 Å². The fourth-order valence-electron chi connectivity index (χ4n) is 2.60. The molecule has 16 heavy (non-hydrogen) atoms. The highest BCUT2D eigenvalue weighted by molar-refractivity contribution is 4.72. The summed E-state index contributed by atoms with van der Waals surface area (Å²) in [6, 6.07) is 0.715. The minimum Gasteiger partial charge on any atom is -0.238 e. The molecule has 1 atom stereocenters. The van der Waals surface area contributed by atoms with E-state index in [1.54, 1.807) is 0 Å². The molecule has 0 bridgehead atoms. The van der Waals surface area contributed by atoms with E-state index >= 15 is 0 Å². The molecule has 0 amide bonds. The Balaban J connectivity index is 1.94. The van der Waals surface area contributed by atoms with Gasteiger partial charge in [-0.3, -0.25) is 0 Å². The quantitative estimate of drug-likeness (QED) is 0.538. The first-order chi connectivity index (χ1) is 7.83. The summed E-state index contributed by atoms with van der Waals surface area (Å²) >= 11 is 0. The molecule has 0 spiro atoms. The lowest BCUT2D eigenvalue weighted by Crippen LogP contribution is -2.28. The van der Waals surface area contributed by atoms with Gasteiger partial charge < -0.3 is 0 Å². The Labute approximate surface area is 102 Å². The zero-order valence-electron chi connectivity index (χ0n) is 11.4. The number of nitrogens with zero attached hydrogens (tertiary/aromatic N) is 1. The standard InChI is InChI=1S/C15H30N/c1-3-4-5-7-10-14(2)13-16-15-11-8-6-9-12-15/h14-15H,3-13H2,1-2H3. The zero-order chi connectivity index (χ0) is 11.6. The van der Waals surface area contributed by atoms with Gasteiger partial charge in [-0.1, -0.05) is 58.8 Å². The minimum atomic E-state index is 0.715. The van der Waals surface area contributed by atoms with E-state index in [9.17, 15) is 0 Å². The van der Waals surface area contributed by atoms with Gasteiger partial charge in [0.25, 0.3) is 0 Å². The Morgan fingerprint density at radius 2 is 1.81 bits per heavy atom. The molecule has 0 heterocycles. The van der Waals surface area contributed by atoms with E-state index in [0.29, 0.717) is 6.04 Å². The monoisotopic (exact) mass is 224 g/mol. The summed E-state index contributed by atoms with van der Waals surface area (Å²) in [6.07, 6.45) is 14.0. The van der Waals surface area contributed by atoms with E-state index in [1.807, 2.05) is 0 Å². The lowest BCUT2D eigenvalue weighted by atomic mass is 9.94. The maximum absolute atomic E-state index is 4.88. The highest BCUT2D eigenvalue weighted by Crippen LogP contribution is 2.19. The van der Waals surface area contributed by atoms with Crippen LogP contribution >= 0.6 is 0 Å². The van der Waals surface area contributed by atoms with E-state index in [2.05, 4.69) is 13.8 Å². The van der Waals surface area contributed by atoms with Crippen LogP contribution in [0.5, 0.6) is 0 Å². The number of hydrogen-bond donors (Lipinski definition) is 0. The number of unbranched alkanes of at least 4 members (excludes halogenated alkanes) is 3. The first-order valence-corrected chi connectivity index (χ1v) is 7.49. The van der Waals surface area contributed by atoms with Crippen molar-refractivity contribution < 1.29 is 0 Å². The molecule has 1 fully saturated rings. The first kappa shape index (κ1) is 14.0. The highest BCUT2D eigenvalue weighted by Gasteiger charge is 2.14. The van der Waals surface area contributed by atoms with Crippen molar-refractivity contribution >= 4 is 0 Å². The number of hydrogen-bond acceptors (Lipinski definition) is 0. The van der Waals surface area contributed by atoms with Gasteiger partial charge in [-0.05, 0) is 25.2 Å². The summed E-state index contributed by atoms with van der Waals surface area (Å²) in [5.41, 5.74) is 0. The second-order valence-electron chi connectivity index (χ2n) is 5.61. The summed E-state index contributed by atoms with van der Waals surface area (Å²) in [5.74, 6) is 0.818. The van der Waals surface area contributed by atoms with Gasteiger partial charge in [0.2, 0.25) is 0 Å². The normalized spacial score (nSPS) is 19.9. The Bertz CT molecular complexity index is 150. The second-order valence-corrected chi connectivity index (χ2v) is 5.61. The number of rotatable bonds is 8. The fraction of sp³-hybridized carbons (Fsp3) is 1.00. The van der Waals surface area contributed by atoms with E-state index in [-0.39, 0.29) is 0 Å². The van der Waals surface area contributed by atoms with Crippen molar-refractivity contribution in [1.29, 1.82) is 0 Å². The minimum absolute atomic E-state index is 0.715. The molecular weight excluding hydrogens is 194 g/mol. The van der Waals surface area contributed by atoms with Crippen molar-refractivity contribution in [3.05, 3.63) is 0 Å². The van der Waals surface area contributed by atoms with Gasteiger partial charge >= 0.3 is 0 Å². The van der Waals surface area contributed by atoms with Crippen molar-refractivity contribution in [2.75, 3.05) is 6.54 Å². The van der Waals surface area contributed by atoms with Crippen LogP contribution < -0.4 is 5.32 Å². The Kier molecular flexibility index (Phi) is 7.92. The van der Waals surface area contributed by atoms with Gasteiger partial charge in [0, 0.05) is 12.6 Å². The van der Waals surface area contributed by atoms with Crippen molar-refractivity contribution in [3.8, 4) is 0 Å². The summed E-state index contributed by atoms with van der Waals surface area (Å²) in [4.78, 5) is 0. The third-order valence-corrected chi connectivity index (χ3v) is 3.80. The molecule has 0 saturated heterocycles. The van der Waals surface area contributed by atoms with Gasteiger partial charge in [-0.2, -0.15) is 0 Å². The molecule has 1 aliphatic carbocycles. The summed E-state index contributed by atoms with van der Waals surface area (Å²) in [6.45, 7) is 5.77. The molecule has 0 aromatic carbocycles. The molecule has 0 aromatic heterocycles. The Morgan fingerprint density at radius 3 is 2.50 bits per heavy atom. The average Bonchev–Trinajstić information content (AvgIpc) is 2.33.